The largest absolute Gasteiger partial charge is 0.495 e. The summed E-state index contributed by atoms with van der Waals surface area (Å²) in [6, 6.07) is 7.15. The molecule has 0 aliphatic heterocycles. The molecule has 0 unspecified atom stereocenters. The highest BCUT2D eigenvalue weighted by Crippen LogP contribution is 2.29. The maximum absolute atomic E-state index is 5.61. The Morgan fingerprint density at radius 3 is 2.48 bits per heavy atom. The second kappa shape index (κ2) is 9.41. The molecule has 0 atom stereocenters. The van der Waals surface area contributed by atoms with Crippen LogP contribution in [0.4, 0.5) is 5.69 Å². The molecule has 1 aromatic carbocycles. The van der Waals surface area contributed by atoms with Gasteiger partial charge in [0.2, 0.25) is 0 Å². The van der Waals surface area contributed by atoms with Crippen molar-refractivity contribution in [3.05, 3.63) is 49.1 Å². The summed E-state index contributed by atoms with van der Waals surface area (Å²) in [4.78, 5) is 2.21. The van der Waals surface area contributed by atoms with E-state index in [4.69, 9.17) is 4.74 Å². The third-order valence-corrected chi connectivity index (χ3v) is 4.48. The normalized spacial score (nSPS) is 15.2. The van der Waals surface area contributed by atoms with Crippen LogP contribution in [0, 0.1) is 0 Å². The number of hydrogen-bond acceptors (Lipinski definition) is 3. The van der Waals surface area contributed by atoms with Gasteiger partial charge in [0.25, 0.3) is 0 Å². The number of ether oxygens (including phenoxy) is 1. The lowest BCUT2D eigenvalue weighted by Gasteiger charge is -2.25. The topological polar surface area (TPSA) is 24.5 Å². The van der Waals surface area contributed by atoms with Crippen LogP contribution >= 0.6 is 0 Å². The predicted molar refractivity (Wildman–Crippen MR) is 99.3 cm³/mol. The molecule has 0 saturated heterocycles. The molecular formula is C20H30N2O. The van der Waals surface area contributed by atoms with Gasteiger partial charge in [-0.1, -0.05) is 37.5 Å². The number of anilines is 1. The Balaban J connectivity index is 2.05. The van der Waals surface area contributed by atoms with Crippen LogP contribution in [0.1, 0.15) is 37.7 Å². The molecule has 126 valence electrons. The van der Waals surface area contributed by atoms with Crippen molar-refractivity contribution in [1.82, 2.24) is 5.32 Å². The van der Waals surface area contributed by atoms with E-state index in [0.29, 0.717) is 6.04 Å². The molecule has 0 amide bonds. The number of nitrogens with one attached hydrogen (secondary N) is 1. The maximum Gasteiger partial charge on any atom is 0.142 e. The minimum Gasteiger partial charge on any atom is -0.495 e. The van der Waals surface area contributed by atoms with Gasteiger partial charge in [-0.3, -0.25) is 0 Å². The Bertz CT molecular complexity index is 496. The molecule has 1 N–H and O–H groups in total. The Morgan fingerprint density at radius 2 is 1.87 bits per heavy atom. The molecule has 3 nitrogen and oxygen atoms in total. The molecule has 0 spiro atoms. The Hall–Kier alpha value is -1.74. The molecular weight excluding hydrogens is 284 g/mol. The average molecular weight is 314 g/mol. The van der Waals surface area contributed by atoms with Crippen molar-refractivity contribution in [3.63, 3.8) is 0 Å². The molecule has 1 aliphatic rings. The summed E-state index contributed by atoms with van der Waals surface area (Å²) in [5.41, 5.74) is 2.36. The lowest BCUT2D eigenvalue weighted by atomic mass is 9.95. The first-order chi connectivity index (χ1) is 11.3. The number of rotatable bonds is 9. The summed E-state index contributed by atoms with van der Waals surface area (Å²) in [6.45, 7) is 10.1. The first-order valence-corrected chi connectivity index (χ1v) is 8.65. The van der Waals surface area contributed by atoms with Gasteiger partial charge in [0.15, 0.2) is 0 Å². The highest BCUT2D eigenvalue weighted by Gasteiger charge is 2.14. The molecule has 1 aromatic rings. The third kappa shape index (κ3) is 5.14. The van der Waals surface area contributed by atoms with E-state index < -0.39 is 0 Å². The fourth-order valence-electron chi connectivity index (χ4n) is 3.25. The summed E-state index contributed by atoms with van der Waals surface area (Å²) >= 11 is 0. The standard InChI is InChI=1S/C20H30N2O/c1-4-13-22(14-5-2)19-12-11-17(15-20(19)23-3)16-21-18-9-7-6-8-10-18/h4-5,11-12,15,18,21H,1-2,6-10,13-14,16H2,3H3. The van der Waals surface area contributed by atoms with E-state index in [1.807, 2.05) is 12.2 Å². The van der Waals surface area contributed by atoms with Gasteiger partial charge in [-0.05, 0) is 30.5 Å². The second-order valence-corrected chi connectivity index (χ2v) is 6.20. The van der Waals surface area contributed by atoms with Crippen molar-refractivity contribution in [1.29, 1.82) is 0 Å². The zero-order valence-corrected chi connectivity index (χ0v) is 14.4. The van der Waals surface area contributed by atoms with E-state index in [1.165, 1.54) is 37.7 Å². The van der Waals surface area contributed by atoms with Crippen LogP contribution in [0.15, 0.2) is 43.5 Å². The molecule has 0 bridgehead atoms. The van der Waals surface area contributed by atoms with E-state index in [-0.39, 0.29) is 0 Å². The summed E-state index contributed by atoms with van der Waals surface area (Å²) in [5.74, 6) is 0.914. The quantitative estimate of drug-likeness (QED) is 0.688. The van der Waals surface area contributed by atoms with Gasteiger partial charge in [0, 0.05) is 25.7 Å². The predicted octanol–water partition coefficient (Wildman–Crippen LogP) is 4.30. The first-order valence-electron chi connectivity index (χ1n) is 8.65. The van der Waals surface area contributed by atoms with E-state index in [2.05, 4.69) is 41.6 Å². The zero-order chi connectivity index (χ0) is 16.5. The molecule has 0 radical (unpaired) electrons. The number of methoxy groups -OCH3 is 1. The van der Waals surface area contributed by atoms with E-state index in [1.54, 1.807) is 7.11 Å². The molecule has 0 aromatic heterocycles. The van der Waals surface area contributed by atoms with Gasteiger partial charge in [0.05, 0.1) is 12.8 Å². The van der Waals surface area contributed by atoms with Crippen LogP contribution < -0.4 is 15.0 Å². The second-order valence-electron chi connectivity index (χ2n) is 6.20. The van der Waals surface area contributed by atoms with Gasteiger partial charge in [0.1, 0.15) is 5.75 Å². The number of hydrogen-bond donors (Lipinski definition) is 1. The molecule has 1 fully saturated rings. The van der Waals surface area contributed by atoms with Crippen molar-refractivity contribution >= 4 is 5.69 Å². The lowest BCUT2D eigenvalue weighted by Crippen LogP contribution is -2.30. The van der Waals surface area contributed by atoms with E-state index in [9.17, 15) is 0 Å². The fourth-order valence-corrected chi connectivity index (χ4v) is 3.25. The summed E-state index contributed by atoms with van der Waals surface area (Å²) < 4.78 is 5.61. The van der Waals surface area contributed by atoms with Crippen molar-refractivity contribution in [2.45, 2.75) is 44.7 Å². The van der Waals surface area contributed by atoms with Gasteiger partial charge in [-0.2, -0.15) is 0 Å². The summed E-state index contributed by atoms with van der Waals surface area (Å²) in [7, 11) is 1.73. The van der Waals surface area contributed by atoms with E-state index in [0.717, 1.165) is 31.1 Å². The number of benzene rings is 1. The van der Waals surface area contributed by atoms with Gasteiger partial charge in [-0.15, -0.1) is 13.2 Å². The monoisotopic (exact) mass is 314 g/mol. The molecule has 1 saturated carbocycles. The van der Waals surface area contributed by atoms with Crippen molar-refractivity contribution in [2.24, 2.45) is 0 Å². The Labute approximate surface area is 141 Å². The molecule has 0 heterocycles. The third-order valence-electron chi connectivity index (χ3n) is 4.48. The minimum atomic E-state index is 0.674. The van der Waals surface area contributed by atoms with Crippen LogP contribution in [-0.2, 0) is 6.54 Å². The lowest BCUT2D eigenvalue weighted by molar-refractivity contribution is 0.371. The zero-order valence-electron chi connectivity index (χ0n) is 14.4. The molecule has 23 heavy (non-hydrogen) atoms. The first kappa shape index (κ1) is 17.6. The molecule has 1 aliphatic carbocycles. The summed E-state index contributed by atoms with van der Waals surface area (Å²) in [5, 5.41) is 3.69. The van der Waals surface area contributed by atoms with Crippen LogP contribution in [-0.4, -0.2) is 26.2 Å². The Morgan fingerprint density at radius 1 is 1.17 bits per heavy atom. The van der Waals surface area contributed by atoms with Crippen molar-refractivity contribution < 1.29 is 4.74 Å². The average Bonchev–Trinajstić information content (AvgIpc) is 2.60. The van der Waals surface area contributed by atoms with E-state index >= 15 is 0 Å². The number of nitrogens with zero attached hydrogens (tertiary/aromatic N) is 1. The molecule has 3 heteroatoms. The summed E-state index contributed by atoms with van der Waals surface area (Å²) in [6.07, 6.45) is 10.5. The highest BCUT2D eigenvalue weighted by molar-refractivity contribution is 5.60. The smallest absolute Gasteiger partial charge is 0.142 e. The van der Waals surface area contributed by atoms with Crippen LogP contribution in [0.5, 0.6) is 5.75 Å². The van der Waals surface area contributed by atoms with Gasteiger partial charge >= 0.3 is 0 Å². The SMILES string of the molecule is C=CCN(CC=C)c1ccc(CNC2CCCCC2)cc1OC. The van der Waals surface area contributed by atoms with Gasteiger partial charge in [-0.25, -0.2) is 0 Å². The minimum absolute atomic E-state index is 0.674. The molecule has 2 rings (SSSR count). The van der Waals surface area contributed by atoms with Crippen molar-refractivity contribution in [2.75, 3.05) is 25.1 Å². The fraction of sp³-hybridized carbons (Fsp3) is 0.500. The maximum atomic E-state index is 5.61. The highest BCUT2D eigenvalue weighted by atomic mass is 16.5. The van der Waals surface area contributed by atoms with Crippen LogP contribution in [0.2, 0.25) is 0 Å². The Kier molecular flexibility index (Phi) is 7.21. The van der Waals surface area contributed by atoms with Crippen molar-refractivity contribution in [3.8, 4) is 5.75 Å². The van der Waals surface area contributed by atoms with Crippen LogP contribution in [0.25, 0.3) is 0 Å². The van der Waals surface area contributed by atoms with Crippen LogP contribution in [0.3, 0.4) is 0 Å². The van der Waals surface area contributed by atoms with Gasteiger partial charge < -0.3 is 15.0 Å².